The highest BCUT2D eigenvalue weighted by Crippen LogP contribution is 2.34. The standard InChI is InChI=1S/C16H25NO3S/c1-13-5-3-4-6-15(13)16(11-17-8-9-20-2)14-7-10-21(18,19)12-14/h3-6,14,16-17H,7-12H2,1-2H3. The number of ether oxygens (including phenoxy) is 1. The number of benzene rings is 1. The molecule has 2 rings (SSSR count). The Morgan fingerprint density at radius 1 is 1.38 bits per heavy atom. The molecule has 2 atom stereocenters. The predicted molar refractivity (Wildman–Crippen MR) is 85.4 cm³/mol. The van der Waals surface area contributed by atoms with Crippen molar-refractivity contribution in [3.63, 3.8) is 0 Å². The molecule has 1 N–H and O–H groups in total. The highest BCUT2D eigenvalue weighted by atomic mass is 32.2. The van der Waals surface area contributed by atoms with E-state index in [1.165, 1.54) is 11.1 Å². The van der Waals surface area contributed by atoms with Crippen LogP contribution < -0.4 is 5.32 Å². The van der Waals surface area contributed by atoms with E-state index in [1.54, 1.807) is 7.11 Å². The molecule has 21 heavy (non-hydrogen) atoms. The van der Waals surface area contributed by atoms with Crippen molar-refractivity contribution in [3.8, 4) is 0 Å². The van der Waals surface area contributed by atoms with Gasteiger partial charge in [-0.2, -0.15) is 0 Å². The van der Waals surface area contributed by atoms with Crippen molar-refractivity contribution >= 4 is 9.84 Å². The van der Waals surface area contributed by atoms with Gasteiger partial charge in [-0.1, -0.05) is 24.3 Å². The molecule has 1 aromatic carbocycles. The second-order valence-corrected chi connectivity index (χ2v) is 8.05. The topological polar surface area (TPSA) is 55.4 Å². The van der Waals surface area contributed by atoms with Gasteiger partial charge in [-0.3, -0.25) is 0 Å². The van der Waals surface area contributed by atoms with Crippen LogP contribution in [0, 0.1) is 12.8 Å². The number of sulfone groups is 1. The fraction of sp³-hybridized carbons (Fsp3) is 0.625. The summed E-state index contributed by atoms with van der Waals surface area (Å²) in [5, 5.41) is 3.40. The number of methoxy groups -OCH3 is 1. The number of nitrogens with one attached hydrogen (secondary N) is 1. The largest absolute Gasteiger partial charge is 0.383 e. The maximum Gasteiger partial charge on any atom is 0.150 e. The zero-order chi connectivity index (χ0) is 15.3. The normalized spacial score (nSPS) is 22.3. The van der Waals surface area contributed by atoms with Gasteiger partial charge in [-0.25, -0.2) is 8.42 Å². The first-order chi connectivity index (χ1) is 10.0. The molecule has 1 fully saturated rings. The third-order valence-corrected chi connectivity index (χ3v) is 6.07. The molecule has 118 valence electrons. The lowest BCUT2D eigenvalue weighted by Crippen LogP contribution is -2.30. The van der Waals surface area contributed by atoms with Crippen LogP contribution >= 0.6 is 0 Å². The van der Waals surface area contributed by atoms with Gasteiger partial charge in [-0.15, -0.1) is 0 Å². The van der Waals surface area contributed by atoms with Gasteiger partial charge in [-0.05, 0) is 30.4 Å². The van der Waals surface area contributed by atoms with E-state index >= 15 is 0 Å². The summed E-state index contributed by atoms with van der Waals surface area (Å²) in [5.41, 5.74) is 2.50. The molecule has 1 heterocycles. The number of aryl methyl sites for hydroxylation is 1. The second kappa shape index (κ2) is 7.38. The number of hydrogen-bond acceptors (Lipinski definition) is 4. The molecule has 0 bridgehead atoms. The molecule has 0 amide bonds. The molecule has 1 saturated heterocycles. The van der Waals surface area contributed by atoms with Gasteiger partial charge in [0.25, 0.3) is 0 Å². The highest BCUT2D eigenvalue weighted by molar-refractivity contribution is 7.91. The van der Waals surface area contributed by atoms with E-state index in [1.807, 2.05) is 12.1 Å². The zero-order valence-corrected chi connectivity index (χ0v) is 13.7. The first-order valence-corrected chi connectivity index (χ1v) is 9.31. The summed E-state index contributed by atoms with van der Waals surface area (Å²) in [4.78, 5) is 0. The van der Waals surface area contributed by atoms with Crippen LogP contribution in [0.4, 0.5) is 0 Å². The minimum atomic E-state index is -2.85. The number of hydrogen-bond donors (Lipinski definition) is 1. The molecule has 0 aliphatic carbocycles. The average molecular weight is 311 g/mol. The lowest BCUT2D eigenvalue weighted by Gasteiger charge is -2.25. The average Bonchev–Trinajstić information content (AvgIpc) is 2.80. The summed E-state index contributed by atoms with van der Waals surface area (Å²) < 4.78 is 28.6. The van der Waals surface area contributed by atoms with Crippen molar-refractivity contribution in [2.45, 2.75) is 19.3 Å². The molecule has 0 radical (unpaired) electrons. The minimum absolute atomic E-state index is 0.214. The summed E-state index contributed by atoms with van der Waals surface area (Å²) in [6.07, 6.45) is 0.771. The van der Waals surface area contributed by atoms with Crippen LogP contribution in [0.3, 0.4) is 0 Å². The van der Waals surface area contributed by atoms with Crippen LogP contribution in [0.1, 0.15) is 23.5 Å². The Hall–Kier alpha value is -0.910. The molecule has 2 unspecified atom stereocenters. The molecular weight excluding hydrogens is 286 g/mol. The van der Waals surface area contributed by atoms with Crippen LogP contribution in [-0.2, 0) is 14.6 Å². The zero-order valence-electron chi connectivity index (χ0n) is 12.8. The molecule has 0 spiro atoms. The SMILES string of the molecule is COCCNCC(c1ccccc1C)C1CCS(=O)(=O)C1. The molecular formula is C16H25NO3S. The summed E-state index contributed by atoms with van der Waals surface area (Å²) >= 11 is 0. The van der Waals surface area contributed by atoms with Crippen LogP contribution in [0.25, 0.3) is 0 Å². The third-order valence-electron chi connectivity index (χ3n) is 4.27. The second-order valence-electron chi connectivity index (χ2n) is 5.82. The van der Waals surface area contributed by atoms with E-state index in [0.29, 0.717) is 18.1 Å². The van der Waals surface area contributed by atoms with Crippen molar-refractivity contribution in [2.75, 3.05) is 38.3 Å². The van der Waals surface area contributed by atoms with Crippen LogP contribution in [-0.4, -0.2) is 46.7 Å². The fourth-order valence-corrected chi connectivity index (χ4v) is 4.99. The Morgan fingerprint density at radius 2 is 2.14 bits per heavy atom. The molecule has 1 aliphatic heterocycles. The van der Waals surface area contributed by atoms with E-state index in [9.17, 15) is 8.42 Å². The smallest absolute Gasteiger partial charge is 0.150 e. The Kier molecular flexibility index (Phi) is 5.79. The fourth-order valence-electron chi connectivity index (χ4n) is 3.11. The Morgan fingerprint density at radius 3 is 2.76 bits per heavy atom. The van der Waals surface area contributed by atoms with Crippen molar-refractivity contribution < 1.29 is 13.2 Å². The first kappa shape index (κ1) is 16.5. The Bertz CT molecular complexity index is 556. The third kappa shape index (κ3) is 4.53. The van der Waals surface area contributed by atoms with Crippen LogP contribution in [0.5, 0.6) is 0 Å². The summed E-state index contributed by atoms with van der Waals surface area (Å²) in [5.74, 6) is 1.11. The monoisotopic (exact) mass is 311 g/mol. The summed E-state index contributed by atoms with van der Waals surface area (Å²) in [6, 6.07) is 8.29. The molecule has 4 nitrogen and oxygen atoms in total. The number of rotatable bonds is 7. The van der Waals surface area contributed by atoms with Gasteiger partial charge in [0, 0.05) is 26.1 Å². The first-order valence-electron chi connectivity index (χ1n) is 7.49. The molecule has 5 heteroatoms. The quantitative estimate of drug-likeness (QED) is 0.780. The van der Waals surface area contributed by atoms with Crippen molar-refractivity contribution in [1.29, 1.82) is 0 Å². The lowest BCUT2D eigenvalue weighted by molar-refractivity contribution is 0.198. The van der Waals surface area contributed by atoms with Gasteiger partial charge in [0.2, 0.25) is 0 Å². The molecule has 0 saturated carbocycles. The van der Waals surface area contributed by atoms with E-state index in [2.05, 4.69) is 24.4 Å². The van der Waals surface area contributed by atoms with E-state index in [0.717, 1.165) is 19.5 Å². The molecule has 1 aromatic rings. The van der Waals surface area contributed by atoms with E-state index in [-0.39, 0.29) is 11.8 Å². The van der Waals surface area contributed by atoms with Gasteiger partial charge in [0.1, 0.15) is 0 Å². The van der Waals surface area contributed by atoms with E-state index < -0.39 is 9.84 Å². The maximum absolute atomic E-state index is 11.8. The molecule has 0 aromatic heterocycles. The lowest BCUT2D eigenvalue weighted by atomic mass is 9.83. The Balaban J connectivity index is 2.13. The van der Waals surface area contributed by atoms with Gasteiger partial charge < -0.3 is 10.1 Å². The van der Waals surface area contributed by atoms with E-state index in [4.69, 9.17) is 4.74 Å². The van der Waals surface area contributed by atoms with Gasteiger partial charge in [0.15, 0.2) is 9.84 Å². The summed E-state index contributed by atoms with van der Waals surface area (Å²) in [7, 11) is -1.16. The summed E-state index contributed by atoms with van der Waals surface area (Å²) in [6.45, 7) is 4.36. The van der Waals surface area contributed by atoms with Crippen molar-refractivity contribution in [2.24, 2.45) is 5.92 Å². The minimum Gasteiger partial charge on any atom is -0.383 e. The van der Waals surface area contributed by atoms with Crippen LogP contribution in [0.2, 0.25) is 0 Å². The van der Waals surface area contributed by atoms with Crippen molar-refractivity contribution in [1.82, 2.24) is 5.32 Å². The highest BCUT2D eigenvalue weighted by Gasteiger charge is 2.34. The van der Waals surface area contributed by atoms with Gasteiger partial charge >= 0.3 is 0 Å². The Labute approximate surface area is 127 Å². The predicted octanol–water partition coefficient (Wildman–Crippen LogP) is 1.75. The molecule has 1 aliphatic rings. The van der Waals surface area contributed by atoms with Gasteiger partial charge in [0.05, 0.1) is 18.1 Å². The maximum atomic E-state index is 11.8. The van der Waals surface area contributed by atoms with Crippen molar-refractivity contribution in [3.05, 3.63) is 35.4 Å². The van der Waals surface area contributed by atoms with Crippen LogP contribution in [0.15, 0.2) is 24.3 Å².